The Labute approximate surface area is 74.6 Å². The van der Waals surface area contributed by atoms with Gasteiger partial charge in [0.05, 0.1) is 6.10 Å². The Morgan fingerprint density at radius 2 is 2.08 bits per heavy atom. The van der Waals surface area contributed by atoms with Crippen LogP contribution in [0.1, 0.15) is 39.0 Å². The van der Waals surface area contributed by atoms with Crippen molar-refractivity contribution in [2.24, 2.45) is 11.8 Å². The molecule has 72 valence electrons. The topological polar surface area (TPSA) is 40.5 Å². The van der Waals surface area contributed by atoms with Crippen LogP contribution in [0.25, 0.3) is 0 Å². The zero-order chi connectivity index (χ0) is 8.97. The minimum Gasteiger partial charge on any atom is -0.396 e. The highest BCUT2D eigenvalue weighted by Gasteiger charge is 2.26. The molecule has 2 nitrogen and oxygen atoms in total. The Morgan fingerprint density at radius 3 is 2.75 bits per heavy atom. The maximum atomic E-state index is 9.63. The molecule has 0 radical (unpaired) electrons. The van der Waals surface area contributed by atoms with E-state index in [4.69, 9.17) is 5.11 Å². The molecule has 1 fully saturated rings. The van der Waals surface area contributed by atoms with Crippen LogP contribution in [0, 0.1) is 11.8 Å². The number of rotatable bonds is 3. The number of hydrogen-bond acceptors (Lipinski definition) is 2. The van der Waals surface area contributed by atoms with E-state index in [0.29, 0.717) is 5.92 Å². The molecule has 0 saturated heterocycles. The summed E-state index contributed by atoms with van der Waals surface area (Å²) in [5.41, 5.74) is 0. The van der Waals surface area contributed by atoms with Crippen LogP contribution >= 0.6 is 0 Å². The van der Waals surface area contributed by atoms with E-state index in [1.807, 2.05) is 0 Å². The van der Waals surface area contributed by atoms with Gasteiger partial charge in [0.25, 0.3) is 0 Å². The zero-order valence-electron chi connectivity index (χ0n) is 7.87. The molecular formula is C10H20O2. The summed E-state index contributed by atoms with van der Waals surface area (Å²) in [5, 5.41) is 18.3. The first-order valence-electron chi connectivity index (χ1n) is 5.03. The van der Waals surface area contributed by atoms with Crippen LogP contribution in [-0.2, 0) is 0 Å². The van der Waals surface area contributed by atoms with Gasteiger partial charge in [-0.3, -0.25) is 0 Å². The summed E-state index contributed by atoms with van der Waals surface area (Å²) in [5.74, 6) is 1.21. The normalized spacial score (nSPS) is 36.8. The lowest BCUT2D eigenvalue weighted by molar-refractivity contribution is 0.0440. The van der Waals surface area contributed by atoms with Gasteiger partial charge in [-0.2, -0.15) is 0 Å². The van der Waals surface area contributed by atoms with Gasteiger partial charge in [0.15, 0.2) is 0 Å². The van der Waals surface area contributed by atoms with Gasteiger partial charge in [0, 0.05) is 6.61 Å². The molecule has 0 aromatic carbocycles. The summed E-state index contributed by atoms with van der Waals surface area (Å²) < 4.78 is 0. The predicted octanol–water partition coefficient (Wildman–Crippen LogP) is 1.56. The smallest absolute Gasteiger partial charge is 0.0568 e. The molecule has 0 bridgehead atoms. The van der Waals surface area contributed by atoms with E-state index >= 15 is 0 Å². The highest BCUT2D eigenvalue weighted by molar-refractivity contribution is 4.77. The summed E-state index contributed by atoms with van der Waals surface area (Å²) in [6, 6.07) is 0. The molecule has 2 heteroatoms. The van der Waals surface area contributed by atoms with Crippen molar-refractivity contribution in [2.75, 3.05) is 6.61 Å². The van der Waals surface area contributed by atoms with Crippen LogP contribution < -0.4 is 0 Å². The molecule has 2 N–H and O–H groups in total. The van der Waals surface area contributed by atoms with Crippen molar-refractivity contribution in [1.82, 2.24) is 0 Å². The largest absolute Gasteiger partial charge is 0.396 e. The number of aliphatic hydroxyl groups is 2. The minimum absolute atomic E-state index is 0.104. The van der Waals surface area contributed by atoms with Crippen LogP contribution in [0.2, 0.25) is 0 Å². The highest BCUT2D eigenvalue weighted by atomic mass is 16.3. The van der Waals surface area contributed by atoms with Gasteiger partial charge in [-0.1, -0.05) is 6.92 Å². The molecule has 0 aromatic heterocycles. The molecule has 3 atom stereocenters. The van der Waals surface area contributed by atoms with E-state index in [9.17, 15) is 5.11 Å². The minimum atomic E-state index is -0.104. The summed E-state index contributed by atoms with van der Waals surface area (Å²) in [4.78, 5) is 0. The van der Waals surface area contributed by atoms with E-state index in [1.54, 1.807) is 0 Å². The first kappa shape index (κ1) is 10.0. The predicted molar refractivity (Wildman–Crippen MR) is 48.8 cm³/mol. The third kappa shape index (κ3) is 2.76. The Bertz CT molecular complexity index is 125. The van der Waals surface area contributed by atoms with E-state index in [-0.39, 0.29) is 12.7 Å². The zero-order valence-corrected chi connectivity index (χ0v) is 7.87. The second-order valence-corrected chi connectivity index (χ2v) is 4.11. The fraction of sp³-hybridized carbons (Fsp3) is 1.00. The number of hydrogen-bond donors (Lipinski definition) is 2. The average Bonchev–Trinajstić information content (AvgIpc) is 2.07. The lowest BCUT2D eigenvalue weighted by atomic mass is 9.78. The van der Waals surface area contributed by atoms with Crippen LogP contribution in [0.3, 0.4) is 0 Å². The van der Waals surface area contributed by atoms with E-state index in [0.717, 1.165) is 38.0 Å². The van der Waals surface area contributed by atoms with Crippen LogP contribution in [0.15, 0.2) is 0 Å². The maximum Gasteiger partial charge on any atom is 0.0568 e. The second-order valence-electron chi connectivity index (χ2n) is 4.11. The Kier molecular flexibility index (Phi) is 4.02. The quantitative estimate of drug-likeness (QED) is 0.678. The monoisotopic (exact) mass is 172 g/mol. The van der Waals surface area contributed by atoms with Crippen molar-refractivity contribution in [1.29, 1.82) is 0 Å². The SMILES string of the molecule is CC1CCC(O)C(CCCO)C1. The molecule has 0 spiro atoms. The van der Waals surface area contributed by atoms with E-state index in [1.165, 1.54) is 0 Å². The fourth-order valence-electron chi connectivity index (χ4n) is 2.15. The lowest BCUT2D eigenvalue weighted by Crippen LogP contribution is -2.28. The third-order valence-corrected chi connectivity index (χ3v) is 2.94. The van der Waals surface area contributed by atoms with E-state index in [2.05, 4.69) is 6.92 Å². The Hall–Kier alpha value is -0.0800. The first-order chi connectivity index (χ1) is 5.74. The van der Waals surface area contributed by atoms with Crippen molar-refractivity contribution in [2.45, 2.75) is 45.1 Å². The van der Waals surface area contributed by atoms with Crippen molar-refractivity contribution >= 4 is 0 Å². The third-order valence-electron chi connectivity index (χ3n) is 2.94. The van der Waals surface area contributed by atoms with Gasteiger partial charge in [0.1, 0.15) is 0 Å². The molecule has 3 unspecified atom stereocenters. The lowest BCUT2D eigenvalue weighted by Gasteiger charge is -2.31. The number of aliphatic hydroxyl groups excluding tert-OH is 2. The summed E-state index contributed by atoms with van der Waals surface area (Å²) in [6.45, 7) is 2.51. The first-order valence-corrected chi connectivity index (χ1v) is 5.03. The molecule has 12 heavy (non-hydrogen) atoms. The van der Waals surface area contributed by atoms with Crippen molar-refractivity contribution in [3.63, 3.8) is 0 Å². The van der Waals surface area contributed by atoms with Crippen LogP contribution in [0.5, 0.6) is 0 Å². The summed E-state index contributed by atoms with van der Waals surface area (Å²) >= 11 is 0. The van der Waals surface area contributed by atoms with Gasteiger partial charge in [-0.25, -0.2) is 0 Å². The summed E-state index contributed by atoms with van der Waals surface area (Å²) in [7, 11) is 0. The van der Waals surface area contributed by atoms with Gasteiger partial charge >= 0.3 is 0 Å². The molecule has 0 aromatic rings. The standard InChI is InChI=1S/C10H20O2/c1-8-4-5-10(12)9(7-8)3-2-6-11/h8-12H,2-7H2,1H3. The van der Waals surface area contributed by atoms with Gasteiger partial charge in [0.2, 0.25) is 0 Å². The molecule has 1 rings (SSSR count). The summed E-state index contributed by atoms with van der Waals surface area (Å²) in [6.07, 6.45) is 4.99. The van der Waals surface area contributed by atoms with Crippen LogP contribution in [0.4, 0.5) is 0 Å². The molecule has 0 heterocycles. The van der Waals surface area contributed by atoms with Gasteiger partial charge < -0.3 is 10.2 Å². The molecule has 0 amide bonds. The van der Waals surface area contributed by atoms with E-state index < -0.39 is 0 Å². The molecule has 1 aliphatic rings. The molecule has 0 aliphatic heterocycles. The highest BCUT2D eigenvalue weighted by Crippen LogP contribution is 2.31. The second kappa shape index (κ2) is 4.83. The van der Waals surface area contributed by atoms with Crippen molar-refractivity contribution in [3.05, 3.63) is 0 Å². The van der Waals surface area contributed by atoms with Crippen LogP contribution in [-0.4, -0.2) is 22.9 Å². The fourth-order valence-corrected chi connectivity index (χ4v) is 2.15. The van der Waals surface area contributed by atoms with Gasteiger partial charge in [-0.05, 0) is 43.9 Å². The Balaban J connectivity index is 2.28. The maximum absolute atomic E-state index is 9.63. The van der Waals surface area contributed by atoms with Crippen molar-refractivity contribution < 1.29 is 10.2 Å². The van der Waals surface area contributed by atoms with Gasteiger partial charge in [-0.15, -0.1) is 0 Å². The molecular weight excluding hydrogens is 152 g/mol. The van der Waals surface area contributed by atoms with Crippen molar-refractivity contribution in [3.8, 4) is 0 Å². The average molecular weight is 172 g/mol. The molecule has 1 saturated carbocycles. The molecule has 1 aliphatic carbocycles. The Morgan fingerprint density at radius 1 is 1.33 bits per heavy atom.